The number of hydrogen-bond acceptors (Lipinski definition) is 6. The van der Waals surface area contributed by atoms with Gasteiger partial charge < -0.3 is 15.1 Å². The van der Waals surface area contributed by atoms with Gasteiger partial charge in [-0.05, 0) is 53.8 Å². The molecule has 2 heterocycles. The Morgan fingerprint density at radius 2 is 1.69 bits per heavy atom. The fourth-order valence-electron chi connectivity index (χ4n) is 4.13. The highest BCUT2D eigenvalue weighted by molar-refractivity contribution is 5.94. The van der Waals surface area contributed by atoms with Gasteiger partial charge in [-0.3, -0.25) is 9.69 Å². The molecule has 0 aliphatic carbocycles. The predicted molar refractivity (Wildman–Crippen MR) is 131 cm³/mol. The third kappa shape index (κ3) is 6.04. The van der Waals surface area contributed by atoms with Crippen LogP contribution in [0.15, 0.2) is 30.5 Å². The number of rotatable bonds is 8. The van der Waals surface area contributed by atoms with Gasteiger partial charge in [-0.2, -0.15) is 0 Å². The van der Waals surface area contributed by atoms with Crippen molar-refractivity contribution >= 4 is 11.7 Å². The maximum Gasteiger partial charge on any atom is 0.253 e. The van der Waals surface area contributed by atoms with Crippen molar-refractivity contribution in [3.05, 3.63) is 41.6 Å². The highest BCUT2D eigenvalue weighted by Crippen LogP contribution is 2.20. The lowest BCUT2D eigenvalue weighted by atomic mass is 10.1. The van der Waals surface area contributed by atoms with Crippen LogP contribution < -0.4 is 5.32 Å². The molecule has 1 saturated heterocycles. The van der Waals surface area contributed by atoms with Crippen LogP contribution in [0.5, 0.6) is 0 Å². The molecule has 1 aliphatic rings. The summed E-state index contributed by atoms with van der Waals surface area (Å²) in [6.45, 7) is 16.1. The number of anilines is 1. The molecule has 7 nitrogen and oxygen atoms in total. The number of benzene rings is 1. The van der Waals surface area contributed by atoms with Gasteiger partial charge in [0.25, 0.3) is 5.91 Å². The molecule has 1 aromatic heterocycles. The second kappa shape index (κ2) is 10.9. The minimum Gasteiger partial charge on any atom is -0.368 e. The first-order valence-corrected chi connectivity index (χ1v) is 11.7. The Labute approximate surface area is 192 Å². The minimum atomic E-state index is 0.0942. The Morgan fingerprint density at radius 3 is 2.28 bits per heavy atom. The van der Waals surface area contributed by atoms with E-state index in [9.17, 15) is 4.79 Å². The molecule has 0 radical (unpaired) electrons. The first-order chi connectivity index (χ1) is 15.3. The van der Waals surface area contributed by atoms with Crippen molar-refractivity contribution in [2.75, 3.05) is 51.6 Å². The number of nitrogens with zero attached hydrogens (tertiary/aromatic N) is 5. The van der Waals surface area contributed by atoms with Crippen molar-refractivity contribution in [3.63, 3.8) is 0 Å². The topological polar surface area (TPSA) is 64.6 Å². The number of piperazine rings is 1. The molecule has 0 spiro atoms. The van der Waals surface area contributed by atoms with Crippen LogP contribution in [0.25, 0.3) is 11.4 Å². The van der Waals surface area contributed by atoms with Crippen LogP contribution in [0.1, 0.15) is 43.6 Å². The zero-order valence-electron chi connectivity index (χ0n) is 20.4. The first-order valence-electron chi connectivity index (χ1n) is 11.7. The molecule has 0 atom stereocenters. The van der Waals surface area contributed by atoms with Crippen LogP contribution in [-0.2, 0) is 0 Å². The molecule has 1 aliphatic heterocycles. The van der Waals surface area contributed by atoms with Crippen molar-refractivity contribution in [2.24, 2.45) is 0 Å². The van der Waals surface area contributed by atoms with Crippen LogP contribution in [0.2, 0.25) is 0 Å². The highest BCUT2D eigenvalue weighted by atomic mass is 16.2. The van der Waals surface area contributed by atoms with Gasteiger partial charge in [-0.25, -0.2) is 9.97 Å². The lowest BCUT2D eigenvalue weighted by molar-refractivity contribution is 0.0664. The minimum absolute atomic E-state index is 0.0942. The Kier molecular flexibility index (Phi) is 8.21. The monoisotopic (exact) mass is 438 g/mol. The second-order valence-electron chi connectivity index (χ2n) is 9.25. The first kappa shape index (κ1) is 24.1. The molecule has 0 saturated carbocycles. The van der Waals surface area contributed by atoms with E-state index < -0.39 is 0 Å². The standard InChI is InChI=1S/C25H38N6O/c1-18(2)31(19(3)4)12-11-26-23-20(5)17-27-24(28-23)21-7-9-22(10-8-21)25(32)30-15-13-29(6)14-16-30/h7-10,17-19H,11-16H2,1-6H3,(H,26,27,28). The van der Waals surface area contributed by atoms with Gasteiger partial charge in [-0.15, -0.1) is 0 Å². The summed E-state index contributed by atoms with van der Waals surface area (Å²) in [4.78, 5) is 28.7. The van der Waals surface area contributed by atoms with Crippen LogP contribution in [0.4, 0.5) is 5.82 Å². The summed E-state index contributed by atoms with van der Waals surface area (Å²) in [5.41, 5.74) is 2.65. The number of aromatic nitrogens is 2. The molecule has 7 heteroatoms. The summed E-state index contributed by atoms with van der Waals surface area (Å²) in [5, 5.41) is 3.48. The van der Waals surface area contributed by atoms with Crippen molar-refractivity contribution in [2.45, 2.75) is 46.7 Å². The number of aryl methyl sites for hydroxylation is 1. The fourth-order valence-corrected chi connectivity index (χ4v) is 4.13. The Bertz CT molecular complexity index is 880. The fraction of sp³-hybridized carbons (Fsp3) is 0.560. The number of amides is 1. The molecule has 2 aromatic rings. The smallest absolute Gasteiger partial charge is 0.253 e. The zero-order valence-corrected chi connectivity index (χ0v) is 20.4. The molecule has 32 heavy (non-hydrogen) atoms. The molecule has 1 N–H and O–H groups in total. The SMILES string of the molecule is Cc1cnc(-c2ccc(C(=O)N3CCN(C)CC3)cc2)nc1NCCN(C(C)C)C(C)C. The van der Waals surface area contributed by atoms with E-state index in [-0.39, 0.29) is 5.91 Å². The van der Waals surface area contributed by atoms with E-state index in [2.05, 4.69) is 54.8 Å². The van der Waals surface area contributed by atoms with E-state index in [4.69, 9.17) is 4.98 Å². The third-order valence-corrected chi connectivity index (χ3v) is 6.14. The van der Waals surface area contributed by atoms with Crippen molar-refractivity contribution in [3.8, 4) is 11.4 Å². The maximum absolute atomic E-state index is 12.8. The molecule has 1 amide bonds. The number of likely N-dealkylation sites (N-methyl/N-ethyl adjacent to an activating group) is 1. The van der Waals surface area contributed by atoms with Gasteiger partial charge in [0.15, 0.2) is 5.82 Å². The van der Waals surface area contributed by atoms with Gasteiger partial charge in [0, 0.05) is 74.2 Å². The molecule has 174 valence electrons. The van der Waals surface area contributed by atoms with Crippen LogP contribution in [0.3, 0.4) is 0 Å². The van der Waals surface area contributed by atoms with E-state index in [1.165, 1.54) is 0 Å². The molecule has 3 rings (SSSR count). The summed E-state index contributed by atoms with van der Waals surface area (Å²) >= 11 is 0. The van der Waals surface area contributed by atoms with E-state index >= 15 is 0 Å². The van der Waals surface area contributed by atoms with Crippen LogP contribution in [0, 0.1) is 6.92 Å². The normalized spacial score (nSPS) is 15.1. The Balaban J connectivity index is 1.66. The quantitative estimate of drug-likeness (QED) is 0.682. The van der Waals surface area contributed by atoms with Gasteiger partial charge in [0.1, 0.15) is 5.82 Å². The summed E-state index contributed by atoms with van der Waals surface area (Å²) in [7, 11) is 2.09. The number of carbonyl (C=O) groups excluding carboxylic acids is 1. The zero-order chi connectivity index (χ0) is 23.3. The summed E-state index contributed by atoms with van der Waals surface area (Å²) in [5.74, 6) is 1.62. The van der Waals surface area contributed by atoms with Gasteiger partial charge in [0.2, 0.25) is 0 Å². The van der Waals surface area contributed by atoms with E-state index in [1.54, 1.807) is 0 Å². The predicted octanol–water partition coefficient (Wildman–Crippen LogP) is 3.37. The van der Waals surface area contributed by atoms with E-state index in [1.807, 2.05) is 42.3 Å². The van der Waals surface area contributed by atoms with Crippen LogP contribution in [-0.4, -0.2) is 89.0 Å². The van der Waals surface area contributed by atoms with E-state index in [0.29, 0.717) is 23.5 Å². The largest absolute Gasteiger partial charge is 0.368 e. The number of nitrogens with one attached hydrogen (secondary N) is 1. The molecular weight excluding hydrogens is 400 g/mol. The number of hydrogen-bond donors (Lipinski definition) is 1. The molecule has 0 bridgehead atoms. The lowest BCUT2D eigenvalue weighted by Gasteiger charge is -2.32. The lowest BCUT2D eigenvalue weighted by Crippen LogP contribution is -2.47. The molecule has 0 unspecified atom stereocenters. The summed E-state index contributed by atoms with van der Waals surface area (Å²) < 4.78 is 0. The molecule has 1 aromatic carbocycles. The van der Waals surface area contributed by atoms with Crippen LogP contribution >= 0.6 is 0 Å². The van der Waals surface area contributed by atoms with Gasteiger partial charge in [-0.1, -0.05) is 12.1 Å². The Morgan fingerprint density at radius 1 is 1.06 bits per heavy atom. The van der Waals surface area contributed by atoms with Crippen molar-refractivity contribution < 1.29 is 4.79 Å². The summed E-state index contributed by atoms with van der Waals surface area (Å²) in [6, 6.07) is 8.66. The second-order valence-corrected chi connectivity index (χ2v) is 9.25. The molecular formula is C25H38N6O. The maximum atomic E-state index is 12.8. The van der Waals surface area contributed by atoms with Gasteiger partial charge >= 0.3 is 0 Å². The van der Waals surface area contributed by atoms with Crippen molar-refractivity contribution in [1.82, 2.24) is 24.7 Å². The molecule has 1 fully saturated rings. The number of carbonyl (C=O) groups is 1. The summed E-state index contributed by atoms with van der Waals surface area (Å²) in [6.07, 6.45) is 1.86. The third-order valence-electron chi connectivity index (χ3n) is 6.14. The van der Waals surface area contributed by atoms with Gasteiger partial charge in [0.05, 0.1) is 0 Å². The Hall–Kier alpha value is -2.51. The average Bonchev–Trinajstić information content (AvgIpc) is 2.77. The van der Waals surface area contributed by atoms with Crippen molar-refractivity contribution in [1.29, 1.82) is 0 Å². The van der Waals surface area contributed by atoms with E-state index in [0.717, 1.165) is 56.2 Å². The average molecular weight is 439 g/mol. The highest BCUT2D eigenvalue weighted by Gasteiger charge is 2.20.